The fraction of sp³-hybridized carbons (Fsp3) is 1.00. The van der Waals surface area contributed by atoms with E-state index in [4.69, 9.17) is 0 Å². The van der Waals surface area contributed by atoms with Gasteiger partial charge >= 0.3 is 0 Å². The number of rotatable bonds is 2. The molecule has 1 aliphatic carbocycles. The highest BCUT2D eigenvalue weighted by Gasteiger charge is 2.44. The monoisotopic (exact) mass is 225 g/mol. The van der Waals surface area contributed by atoms with Crippen LogP contribution in [-0.4, -0.2) is 45.4 Å². The molecule has 16 heavy (non-hydrogen) atoms. The summed E-state index contributed by atoms with van der Waals surface area (Å²) in [6, 6.07) is 1.08. The van der Waals surface area contributed by atoms with Gasteiger partial charge in [-0.2, -0.15) is 0 Å². The molecule has 2 aliphatic heterocycles. The number of aliphatic hydroxyl groups excluding tert-OH is 1. The number of hydrogen-bond donors (Lipinski definition) is 2. The van der Waals surface area contributed by atoms with Gasteiger partial charge in [0.1, 0.15) is 0 Å². The molecule has 0 aromatic heterocycles. The van der Waals surface area contributed by atoms with Crippen molar-refractivity contribution >= 4 is 0 Å². The Morgan fingerprint density at radius 3 is 2.19 bits per heavy atom. The quantitative estimate of drug-likeness (QED) is 0.744. The first kappa shape index (κ1) is 11.0. The van der Waals surface area contributed by atoms with Crippen molar-refractivity contribution in [3.8, 4) is 0 Å². The first-order valence-corrected chi connectivity index (χ1v) is 6.82. The Kier molecular flexibility index (Phi) is 2.73. The van der Waals surface area contributed by atoms with E-state index in [1.807, 2.05) is 0 Å². The summed E-state index contributed by atoms with van der Waals surface area (Å²) in [6.07, 6.45) is 8.52. The fourth-order valence-corrected chi connectivity index (χ4v) is 4.03. The predicted octanol–water partition coefficient (Wildman–Crippen LogP) is 1.28. The Balaban J connectivity index is 1.67. The third kappa shape index (κ3) is 1.89. The first-order valence-electron chi connectivity index (χ1n) is 6.82. The summed E-state index contributed by atoms with van der Waals surface area (Å²) in [7, 11) is 0. The zero-order valence-electron chi connectivity index (χ0n) is 9.94. The van der Waals surface area contributed by atoms with Gasteiger partial charge in [0.2, 0.25) is 0 Å². The van der Waals surface area contributed by atoms with Crippen LogP contribution in [-0.2, 0) is 0 Å². The summed E-state index contributed by atoms with van der Waals surface area (Å²) in [4.78, 5) is 2.50. The van der Waals surface area contributed by atoms with Crippen molar-refractivity contribution in [2.45, 2.75) is 75.2 Å². The van der Waals surface area contributed by atoms with Crippen LogP contribution in [0.1, 0.15) is 51.4 Å². The van der Waals surface area contributed by atoms with Gasteiger partial charge in [0.15, 0.2) is 0 Å². The summed E-state index contributed by atoms with van der Waals surface area (Å²) in [5.41, 5.74) is -0.414. The molecule has 92 valence electrons. The molecule has 2 unspecified atom stereocenters. The lowest BCUT2D eigenvalue weighted by Crippen LogP contribution is -2.51. The standard InChI is InChI=1S/C13H23NO2/c15-12-7-10-3-4-11(8-12)14(10)9-13(16)5-1-2-6-13/h10-12,15-16H,1-9H2. The SMILES string of the molecule is OC1CC2CCC(C1)N2CC1(O)CCCC1. The first-order chi connectivity index (χ1) is 7.66. The normalized spacial score (nSPS) is 42.8. The molecular formula is C13H23NO2. The largest absolute Gasteiger partial charge is 0.393 e. The van der Waals surface area contributed by atoms with Gasteiger partial charge in [0.25, 0.3) is 0 Å². The van der Waals surface area contributed by atoms with E-state index in [0.717, 1.165) is 32.2 Å². The second-order valence-corrected chi connectivity index (χ2v) is 6.11. The van der Waals surface area contributed by atoms with Crippen molar-refractivity contribution in [2.24, 2.45) is 0 Å². The van der Waals surface area contributed by atoms with Crippen molar-refractivity contribution in [2.75, 3.05) is 6.54 Å². The van der Waals surface area contributed by atoms with Crippen molar-refractivity contribution in [3.05, 3.63) is 0 Å². The zero-order chi connectivity index (χ0) is 11.2. The van der Waals surface area contributed by atoms with Gasteiger partial charge in [-0.3, -0.25) is 4.90 Å². The third-order valence-corrected chi connectivity index (χ3v) is 4.87. The van der Waals surface area contributed by atoms with Crippen LogP contribution in [0.5, 0.6) is 0 Å². The Bertz CT molecular complexity index is 249. The fourth-order valence-electron chi connectivity index (χ4n) is 4.03. The summed E-state index contributed by atoms with van der Waals surface area (Å²) in [5, 5.41) is 20.2. The van der Waals surface area contributed by atoms with Crippen LogP contribution < -0.4 is 0 Å². The van der Waals surface area contributed by atoms with Gasteiger partial charge in [-0.1, -0.05) is 12.8 Å². The highest BCUT2D eigenvalue weighted by Crippen LogP contribution is 2.39. The second-order valence-electron chi connectivity index (χ2n) is 6.11. The molecule has 2 atom stereocenters. The highest BCUT2D eigenvalue weighted by molar-refractivity contribution is 4.99. The lowest BCUT2D eigenvalue weighted by Gasteiger charge is -2.41. The maximum absolute atomic E-state index is 10.5. The van der Waals surface area contributed by atoms with Crippen molar-refractivity contribution in [1.29, 1.82) is 0 Å². The topological polar surface area (TPSA) is 43.7 Å². The molecule has 3 rings (SSSR count). The Morgan fingerprint density at radius 2 is 1.62 bits per heavy atom. The van der Waals surface area contributed by atoms with Crippen LogP contribution in [0.3, 0.4) is 0 Å². The van der Waals surface area contributed by atoms with Gasteiger partial charge in [-0.05, 0) is 38.5 Å². The van der Waals surface area contributed by atoms with E-state index >= 15 is 0 Å². The number of hydrogen-bond acceptors (Lipinski definition) is 3. The molecule has 0 amide bonds. The Labute approximate surface area is 97.4 Å². The minimum Gasteiger partial charge on any atom is -0.393 e. The van der Waals surface area contributed by atoms with Crippen LogP contribution in [0.25, 0.3) is 0 Å². The molecule has 0 spiro atoms. The lowest BCUT2D eigenvalue weighted by atomic mass is 9.95. The molecule has 3 nitrogen and oxygen atoms in total. The molecule has 2 saturated heterocycles. The van der Waals surface area contributed by atoms with Crippen LogP contribution in [0.2, 0.25) is 0 Å². The molecule has 2 heterocycles. The molecular weight excluding hydrogens is 202 g/mol. The summed E-state index contributed by atoms with van der Waals surface area (Å²) < 4.78 is 0. The van der Waals surface area contributed by atoms with Crippen LogP contribution in [0.15, 0.2) is 0 Å². The smallest absolute Gasteiger partial charge is 0.0774 e. The molecule has 0 aromatic carbocycles. The molecule has 0 radical (unpaired) electrons. The molecule has 1 saturated carbocycles. The number of piperidine rings is 1. The number of fused-ring (bicyclic) bond motifs is 2. The van der Waals surface area contributed by atoms with Gasteiger partial charge in [0, 0.05) is 18.6 Å². The molecule has 2 bridgehead atoms. The summed E-state index contributed by atoms with van der Waals surface area (Å²) in [5.74, 6) is 0. The number of nitrogens with zero attached hydrogens (tertiary/aromatic N) is 1. The van der Waals surface area contributed by atoms with E-state index in [1.54, 1.807) is 0 Å². The molecule has 3 fully saturated rings. The highest BCUT2D eigenvalue weighted by atomic mass is 16.3. The minimum absolute atomic E-state index is 0.0908. The zero-order valence-corrected chi connectivity index (χ0v) is 9.94. The van der Waals surface area contributed by atoms with E-state index < -0.39 is 5.60 Å². The molecule has 3 aliphatic rings. The van der Waals surface area contributed by atoms with E-state index in [1.165, 1.54) is 25.7 Å². The van der Waals surface area contributed by atoms with E-state index in [9.17, 15) is 10.2 Å². The Hall–Kier alpha value is -0.120. The van der Waals surface area contributed by atoms with E-state index in [2.05, 4.69) is 4.90 Å². The van der Waals surface area contributed by atoms with Gasteiger partial charge in [-0.25, -0.2) is 0 Å². The van der Waals surface area contributed by atoms with Crippen LogP contribution in [0.4, 0.5) is 0 Å². The van der Waals surface area contributed by atoms with E-state index in [0.29, 0.717) is 12.1 Å². The maximum atomic E-state index is 10.5. The van der Waals surface area contributed by atoms with Crippen molar-refractivity contribution in [1.82, 2.24) is 4.90 Å². The molecule has 0 aromatic rings. The summed E-state index contributed by atoms with van der Waals surface area (Å²) in [6.45, 7) is 0.856. The second kappa shape index (κ2) is 3.97. The lowest BCUT2D eigenvalue weighted by molar-refractivity contribution is -0.0367. The number of aliphatic hydroxyl groups is 2. The molecule has 3 heteroatoms. The molecule has 2 N–H and O–H groups in total. The average molecular weight is 225 g/mol. The third-order valence-electron chi connectivity index (χ3n) is 4.87. The van der Waals surface area contributed by atoms with Crippen molar-refractivity contribution in [3.63, 3.8) is 0 Å². The predicted molar refractivity (Wildman–Crippen MR) is 62.2 cm³/mol. The van der Waals surface area contributed by atoms with Crippen LogP contribution >= 0.6 is 0 Å². The van der Waals surface area contributed by atoms with Crippen molar-refractivity contribution < 1.29 is 10.2 Å². The summed E-state index contributed by atoms with van der Waals surface area (Å²) >= 11 is 0. The van der Waals surface area contributed by atoms with E-state index in [-0.39, 0.29) is 6.10 Å². The average Bonchev–Trinajstić information content (AvgIpc) is 2.72. The van der Waals surface area contributed by atoms with Gasteiger partial charge in [0.05, 0.1) is 11.7 Å². The van der Waals surface area contributed by atoms with Gasteiger partial charge < -0.3 is 10.2 Å². The van der Waals surface area contributed by atoms with Crippen LogP contribution in [0, 0.1) is 0 Å². The maximum Gasteiger partial charge on any atom is 0.0774 e. The Morgan fingerprint density at radius 1 is 1.06 bits per heavy atom. The van der Waals surface area contributed by atoms with Gasteiger partial charge in [-0.15, -0.1) is 0 Å². The minimum atomic E-state index is -0.414.